The van der Waals surface area contributed by atoms with Gasteiger partial charge < -0.3 is 9.64 Å². The fraction of sp³-hybridized carbons (Fsp3) is 0.185. The van der Waals surface area contributed by atoms with Crippen LogP contribution in [0.4, 0.5) is 0 Å². The maximum atomic E-state index is 7.11. The quantitative estimate of drug-likeness (QED) is 0.475. The van der Waals surface area contributed by atoms with E-state index >= 15 is 0 Å². The van der Waals surface area contributed by atoms with Crippen LogP contribution in [0.15, 0.2) is 95.5 Å². The van der Waals surface area contributed by atoms with E-state index in [4.69, 9.17) is 16.3 Å². The Hall–Kier alpha value is -2.81. The number of nitrogens with zero attached hydrogens (tertiary/aromatic N) is 1. The molecule has 3 aromatic rings. The first kappa shape index (κ1) is 20.5. The lowest BCUT2D eigenvalue weighted by Crippen LogP contribution is -2.13. The molecule has 0 radical (unpaired) electrons. The summed E-state index contributed by atoms with van der Waals surface area (Å²) in [6, 6.07) is 27.1. The molecule has 4 rings (SSSR count). The largest absolute Gasteiger partial charge is 0.455 e. The maximum Gasteiger partial charge on any atom is 0.153 e. The Morgan fingerprint density at radius 1 is 0.900 bits per heavy atom. The fourth-order valence-corrected chi connectivity index (χ4v) is 4.11. The van der Waals surface area contributed by atoms with Gasteiger partial charge >= 0.3 is 0 Å². The summed E-state index contributed by atoms with van der Waals surface area (Å²) in [5.74, 6) is 1.54. The molecule has 0 amide bonds. The predicted molar refractivity (Wildman–Crippen MR) is 126 cm³/mol. The number of fused-ring (bicyclic) bond motifs is 1. The first-order valence-corrected chi connectivity index (χ1v) is 10.6. The van der Waals surface area contributed by atoms with Crippen molar-refractivity contribution >= 4 is 17.4 Å². The summed E-state index contributed by atoms with van der Waals surface area (Å²) in [5, 5.41) is 0.658. The highest BCUT2D eigenvalue weighted by molar-refractivity contribution is 6.35. The van der Waals surface area contributed by atoms with E-state index in [1.807, 2.05) is 18.2 Å². The van der Waals surface area contributed by atoms with E-state index in [1.165, 1.54) is 11.1 Å². The number of ether oxygens (including phenoxy) is 1. The van der Waals surface area contributed by atoms with Gasteiger partial charge in [0.15, 0.2) is 5.76 Å². The SMILES string of the molecule is Cc1ccc(C2=C(Cl)C(=CCN(C)C)C(c3ccccc3)c3ccccc3O2)cc1. The second-order valence-electron chi connectivity index (χ2n) is 7.91. The summed E-state index contributed by atoms with van der Waals surface area (Å²) >= 11 is 7.11. The van der Waals surface area contributed by atoms with E-state index in [-0.39, 0.29) is 5.92 Å². The lowest BCUT2D eigenvalue weighted by Gasteiger charge is -2.21. The topological polar surface area (TPSA) is 12.5 Å². The molecule has 1 unspecified atom stereocenters. The van der Waals surface area contributed by atoms with E-state index < -0.39 is 0 Å². The van der Waals surface area contributed by atoms with E-state index in [9.17, 15) is 0 Å². The molecule has 1 aliphatic heterocycles. The monoisotopic (exact) mass is 415 g/mol. The minimum absolute atomic E-state index is 0.00204. The second-order valence-corrected chi connectivity index (χ2v) is 8.29. The van der Waals surface area contributed by atoms with Gasteiger partial charge in [-0.2, -0.15) is 0 Å². The zero-order valence-electron chi connectivity index (χ0n) is 17.6. The molecule has 0 bridgehead atoms. The van der Waals surface area contributed by atoms with Crippen LogP contribution in [0.2, 0.25) is 0 Å². The predicted octanol–water partition coefficient (Wildman–Crippen LogP) is 6.61. The average Bonchev–Trinajstić information content (AvgIpc) is 2.88. The zero-order chi connectivity index (χ0) is 21.1. The van der Waals surface area contributed by atoms with Crippen molar-refractivity contribution < 1.29 is 4.74 Å². The van der Waals surface area contributed by atoms with Crippen LogP contribution in [0.1, 0.15) is 28.2 Å². The molecule has 0 saturated carbocycles. The van der Waals surface area contributed by atoms with Crippen molar-refractivity contribution in [2.24, 2.45) is 0 Å². The molecular formula is C27H26ClNO. The summed E-state index contributed by atoms with van der Waals surface area (Å²) in [6.07, 6.45) is 2.22. The Kier molecular flexibility index (Phi) is 6.08. The first-order valence-electron chi connectivity index (χ1n) is 10.2. The zero-order valence-corrected chi connectivity index (χ0v) is 18.4. The van der Waals surface area contributed by atoms with Crippen molar-refractivity contribution in [1.82, 2.24) is 4.90 Å². The van der Waals surface area contributed by atoms with Gasteiger partial charge in [0, 0.05) is 23.6 Å². The van der Waals surface area contributed by atoms with Crippen LogP contribution in [-0.4, -0.2) is 25.5 Å². The molecule has 0 saturated heterocycles. The second kappa shape index (κ2) is 8.91. The van der Waals surface area contributed by atoms with Gasteiger partial charge in [0.25, 0.3) is 0 Å². The average molecular weight is 416 g/mol. The summed E-state index contributed by atoms with van der Waals surface area (Å²) < 4.78 is 6.48. The molecule has 0 aliphatic carbocycles. The fourth-order valence-electron chi connectivity index (χ4n) is 3.78. The van der Waals surface area contributed by atoms with Crippen molar-refractivity contribution in [3.8, 4) is 5.75 Å². The lowest BCUT2D eigenvalue weighted by molar-refractivity contribution is 0.455. The molecule has 30 heavy (non-hydrogen) atoms. The van der Waals surface area contributed by atoms with Gasteiger partial charge in [0.05, 0.1) is 5.03 Å². The molecule has 1 atom stereocenters. The Bertz CT molecular complexity index is 1080. The van der Waals surface area contributed by atoms with Crippen LogP contribution in [0, 0.1) is 6.92 Å². The number of para-hydroxylation sites is 1. The van der Waals surface area contributed by atoms with Gasteiger partial charge in [0.1, 0.15) is 5.75 Å². The molecular weight excluding hydrogens is 390 g/mol. The van der Waals surface area contributed by atoms with Gasteiger partial charge in [-0.05, 0) is 38.2 Å². The van der Waals surface area contributed by atoms with Crippen LogP contribution in [0.25, 0.3) is 5.76 Å². The third-order valence-electron chi connectivity index (χ3n) is 5.33. The third kappa shape index (κ3) is 4.21. The van der Waals surface area contributed by atoms with Crippen LogP contribution < -0.4 is 4.74 Å². The highest BCUT2D eigenvalue weighted by Gasteiger charge is 2.30. The van der Waals surface area contributed by atoms with Crippen molar-refractivity contribution in [2.75, 3.05) is 20.6 Å². The molecule has 1 heterocycles. The highest BCUT2D eigenvalue weighted by atomic mass is 35.5. The van der Waals surface area contributed by atoms with Crippen molar-refractivity contribution in [3.63, 3.8) is 0 Å². The van der Waals surface area contributed by atoms with Gasteiger partial charge in [-0.25, -0.2) is 0 Å². The summed E-state index contributed by atoms with van der Waals surface area (Å²) in [6.45, 7) is 2.87. The number of likely N-dealkylation sites (N-methyl/N-ethyl adjacent to an activating group) is 1. The molecule has 3 aromatic carbocycles. The number of rotatable bonds is 4. The van der Waals surface area contributed by atoms with Crippen LogP contribution in [0.3, 0.4) is 0 Å². The Balaban J connectivity index is 1.97. The summed E-state index contributed by atoms with van der Waals surface area (Å²) in [4.78, 5) is 2.14. The summed E-state index contributed by atoms with van der Waals surface area (Å²) in [7, 11) is 4.13. The van der Waals surface area contributed by atoms with Gasteiger partial charge in [0.2, 0.25) is 0 Å². The minimum Gasteiger partial charge on any atom is -0.455 e. The minimum atomic E-state index is -0.00204. The lowest BCUT2D eigenvalue weighted by atomic mass is 9.84. The molecule has 0 spiro atoms. The number of hydrogen-bond donors (Lipinski definition) is 0. The van der Waals surface area contributed by atoms with Gasteiger partial charge in [-0.1, -0.05) is 96.0 Å². The first-order chi connectivity index (χ1) is 14.5. The van der Waals surface area contributed by atoms with Crippen LogP contribution in [-0.2, 0) is 0 Å². The van der Waals surface area contributed by atoms with E-state index in [1.54, 1.807) is 0 Å². The number of benzene rings is 3. The van der Waals surface area contributed by atoms with E-state index in [0.29, 0.717) is 10.8 Å². The number of allylic oxidation sites excluding steroid dienone is 2. The number of hydrogen-bond acceptors (Lipinski definition) is 2. The molecule has 0 fully saturated rings. The standard InChI is InChI=1S/C27H26ClNO/c1-19-13-15-21(16-14-19)27-26(28)23(17-18-29(2)3)25(20-9-5-4-6-10-20)22-11-7-8-12-24(22)30-27/h4-17,25H,18H2,1-3H3. The Morgan fingerprint density at radius 2 is 1.57 bits per heavy atom. The van der Waals surface area contributed by atoms with E-state index in [2.05, 4.69) is 92.7 Å². The van der Waals surface area contributed by atoms with Crippen molar-refractivity contribution in [1.29, 1.82) is 0 Å². The maximum absolute atomic E-state index is 7.11. The molecule has 0 aromatic heterocycles. The number of halogens is 1. The smallest absolute Gasteiger partial charge is 0.153 e. The molecule has 1 aliphatic rings. The normalized spacial score (nSPS) is 17.6. The molecule has 0 N–H and O–H groups in total. The van der Waals surface area contributed by atoms with Gasteiger partial charge in [-0.3, -0.25) is 0 Å². The molecule has 2 nitrogen and oxygen atoms in total. The van der Waals surface area contributed by atoms with Gasteiger partial charge in [-0.15, -0.1) is 0 Å². The Labute approximate surface area is 184 Å². The van der Waals surface area contributed by atoms with Crippen LogP contribution in [0.5, 0.6) is 5.75 Å². The van der Waals surface area contributed by atoms with Crippen molar-refractivity contribution in [3.05, 3.63) is 118 Å². The van der Waals surface area contributed by atoms with Crippen molar-refractivity contribution in [2.45, 2.75) is 12.8 Å². The molecule has 3 heteroatoms. The molecule has 152 valence electrons. The number of aryl methyl sites for hydroxylation is 1. The van der Waals surface area contributed by atoms with E-state index in [0.717, 1.165) is 29.0 Å². The highest BCUT2D eigenvalue weighted by Crippen LogP contribution is 2.47. The Morgan fingerprint density at radius 3 is 2.27 bits per heavy atom. The summed E-state index contributed by atoms with van der Waals surface area (Å²) in [5.41, 5.74) is 5.56. The van der Waals surface area contributed by atoms with Crippen LogP contribution >= 0.6 is 11.6 Å². The third-order valence-corrected chi connectivity index (χ3v) is 5.72.